The number of rotatable bonds is 2. The lowest BCUT2D eigenvalue weighted by molar-refractivity contribution is -0.173. The number of Topliss-reactive ketones (excluding diaryl/α,β-unsaturated/α-hetero) is 1. The van der Waals surface area contributed by atoms with E-state index in [1.807, 2.05) is 13.8 Å². The van der Waals surface area contributed by atoms with Crippen LogP contribution in [0.2, 0.25) is 0 Å². The fourth-order valence-electron chi connectivity index (χ4n) is 2.74. The molecule has 0 spiro atoms. The second-order valence-electron chi connectivity index (χ2n) is 4.69. The number of carbonyl (C=O) groups excluding carboxylic acids is 1. The lowest BCUT2D eigenvalue weighted by Gasteiger charge is -2.68. The van der Waals surface area contributed by atoms with Crippen LogP contribution < -0.4 is 5.73 Å². The van der Waals surface area contributed by atoms with Gasteiger partial charge in [0.25, 0.3) is 0 Å². The average Bonchev–Trinajstić information content (AvgIpc) is 1.77. The smallest absolute Gasteiger partial charge is 0.141 e. The Morgan fingerprint density at radius 2 is 1.82 bits per heavy atom. The van der Waals surface area contributed by atoms with Gasteiger partial charge in [0.05, 0.1) is 0 Å². The van der Waals surface area contributed by atoms with Crippen molar-refractivity contribution in [3.05, 3.63) is 0 Å². The maximum atomic E-state index is 11.6. The highest BCUT2D eigenvalue weighted by Gasteiger charge is 2.69. The summed E-state index contributed by atoms with van der Waals surface area (Å²) in [5, 5.41) is 0. The van der Waals surface area contributed by atoms with E-state index in [9.17, 15) is 4.79 Å². The van der Waals surface area contributed by atoms with Crippen molar-refractivity contribution in [2.45, 2.75) is 38.6 Å². The molecule has 0 aromatic rings. The van der Waals surface area contributed by atoms with Gasteiger partial charge in [0.1, 0.15) is 5.78 Å². The highest BCUT2D eigenvalue weighted by molar-refractivity contribution is 5.90. The minimum Gasteiger partial charge on any atom is -0.325 e. The zero-order valence-corrected chi connectivity index (χ0v) is 7.18. The topological polar surface area (TPSA) is 43.1 Å². The molecule has 2 bridgehead atoms. The van der Waals surface area contributed by atoms with Crippen LogP contribution in [0, 0.1) is 11.3 Å². The number of nitrogens with two attached hydrogens (primary N) is 1. The van der Waals surface area contributed by atoms with Gasteiger partial charge in [0.2, 0.25) is 0 Å². The van der Waals surface area contributed by atoms with Crippen LogP contribution in [0.3, 0.4) is 0 Å². The summed E-state index contributed by atoms with van der Waals surface area (Å²) in [5.41, 5.74) is 5.98. The monoisotopic (exact) mass is 153 g/mol. The summed E-state index contributed by atoms with van der Waals surface area (Å²) >= 11 is 0. The minimum atomic E-state index is 0.0446. The molecule has 3 aliphatic carbocycles. The van der Waals surface area contributed by atoms with Gasteiger partial charge in [0, 0.05) is 16.9 Å². The molecule has 0 atom stereocenters. The van der Waals surface area contributed by atoms with Crippen LogP contribution >= 0.6 is 0 Å². The molecule has 0 heterocycles. The maximum absolute atomic E-state index is 11.6. The van der Waals surface area contributed by atoms with Crippen molar-refractivity contribution in [3.8, 4) is 0 Å². The Balaban J connectivity index is 2.04. The quantitative estimate of drug-likeness (QED) is 0.645. The number of ketones is 1. The van der Waals surface area contributed by atoms with Crippen LogP contribution in [-0.2, 0) is 4.79 Å². The minimum absolute atomic E-state index is 0.0446. The zero-order chi connectivity index (χ0) is 8.28. The van der Waals surface area contributed by atoms with E-state index in [1.54, 1.807) is 0 Å². The summed E-state index contributed by atoms with van der Waals surface area (Å²) in [5.74, 6) is 0.629. The molecule has 0 saturated heterocycles. The molecule has 2 N–H and O–H groups in total. The van der Waals surface area contributed by atoms with E-state index >= 15 is 0 Å². The van der Waals surface area contributed by atoms with Gasteiger partial charge in [-0.3, -0.25) is 4.79 Å². The Kier molecular flexibility index (Phi) is 1.12. The molecule has 0 radical (unpaired) electrons. The molecule has 3 rings (SSSR count). The van der Waals surface area contributed by atoms with Crippen LogP contribution in [0.4, 0.5) is 0 Å². The lowest BCUT2D eigenvalue weighted by atomic mass is 9.38. The molecule has 0 amide bonds. The second-order valence-corrected chi connectivity index (χ2v) is 4.69. The molecule has 0 aliphatic heterocycles. The molecular weight excluding hydrogens is 138 g/mol. The number of hydrogen-bond donors (Lipinski definition) is 1. The van der Waals surface area contributed by atoms with Crippen molar-refractivity contribution >= 4 is 5.78 Å². The van der Waals surface area contributed by atoms with E-state index in [2.05, 4.69) is 0 Å². The van der Waals surface area contributed by atoms with E-state index in [1.165, 1.54) is 0 Å². The largest absolute Gasteiger partial charge is 0.325 e. The normalized spacial score (nSPS) is 46.5. The highest BCUT2D eigenvalue weighted by atomic mass is 16.1. The molecule has 3 saturated carbocycles. The van der Waals surface area contributed by atoms with Gasteiger partial charge < -0.3 is 5.73 Å². The van der Waals surface area contributed by atoms with E-state index in [0.717, 1.165) is 19.3 Å². The van der Waals surface area contributed by atoms with Crippen molar-refractivity contribution in [1.29, 1.82) is 0 Å². The SMILES string of the molecule is CC(C)C(=O)C12CC(N)(C1)C2. The Bertz CT molecular complexity index is 200. The first-order valence-electron chi connectivity index (χ1n) is 4.31. The van der Waals surface area contributed by atoms with Gasteiger partial charge >= 0.3 is 0 Å². The molecule has 0 unspecified atom stereocenters. The van der Waals surface area contributed by atoms with Crippen LogP contribution in [0.5, 0.6) is 0 Å². The molecule has 3 fully saturated rings. The predicted octanol–water partition coefficient (Wildman–Crippen LogP) is 1.09. The molecule has 0 aromatic heterocycles. The highest BCUT2D eigenvalue weighted by Crippen LogP contribution is 2.66. The Morgan fingerprint density at radius 1 is 1.36 bits per heavy atom. The van der Waals surface area contributed by atoms with Gasteiger partial charge in [0.15, 0.2) is 0 Å². The summed E-state index contributed by atoms with van der Waals surface area (Å²) in [7, 11) is 0. The zero-order valence-electron chi connectivity index (χ0n) is 7.18. The van der Waals surface area contributed by atoms with E-state index in [0.29, 0.717) is 5.78 Å². The average molecular weight is 153 g/mol. The standard InChI is InChI=1S/C9H15NO/c1-6(2)7(11)8-3-9(10,4-8)5-8/h6H,3-5,10H2,1-2H3. The van der Waals surface area contributed by atoms with E-state index < -0.39 is 0 Å². The molecule has 2 heteroatoms. The molecule has 2 nitrogen and oxygen atoms in total. The van der Waals surface area contributed by atoms with Gasteiger partial charge in [-0.15, -0.1) is 0 Å². The van der Waals surface area contributed by atoms with Crippen LogP contribution in [0.25, 0.3) is 0 Å². The Hall–Kier alpha value is -0.370. The van der Waals surface area contributed by atoms with Crippen LogP contribution in [0.15, 0.2) is 0 Å². The summed E-state index contributed by atoms with van der Waals surface area (Å²) in [6, 6.07) is 0. The van der Waals surface area contributed by atoms with Gasteiger partial charge in [-0.05, 0) is 19.3 Å². The fourth-order valence-corrected chi connectivity index (χ4v) is 2.74. The van der Waals surface area contributed by atoms with Crippen molar-refractivity contribution in [3.63, 3.8) is 0 Å². The van der Waals surface area contributed by atoms with Crippen LogP contribution in [0.1, 0.15) is 33.1 Å². The Morgan fingerprint density at radius 3 is 2.09 bits per heavy atom. The molecule has 0 aromatic carbocycles. The first-order valence-corrected chi connectivity index (χ1v) is 4.31. The lowest BCUT2D eigenvalue weighted by Crippen LogP contribution is -2.75. The first-order chi connectivity index (χ1) is 4.98. The molecular formula is C9H15NO. The van der Waals surface area contributed by atoms with Gasteiger partial charge in [-0.25, -0.2) is 0 Å². The second kappa shape index (κ2) is 1.69. The third-order valence-electron chi connectivity index (χ3n) is 3.12. The molecule has 11 heavy (non-hydrogen) atoms. The van der Waals surface area contributed by atoms with Crippen molar-refractivity contribution in [2.24, 2.45) is 17.1 Å². The molecule has 3 aliphatic rings. The fraction of sp³-hybridized carbons (Fsp3) is 0.889. The third kappa shape index (κ3) is 0.734. The summed E-state index contributed by atoms with van der Waals surface area (Å²) in [4.78, 5) is 11.6. The van der Waals surface area contributed by atoms with E-state index in [4.69, 9.17) is 5.73 Å². The van der Waals surface area contributed by atoms with Crippen molar-refractivity contribution in [1.82, 2.24) is 0 Å². The maximum Gasteiger partial charge on any atom is 0.141 e. The summed E-state index contributed by atoms with van der Waals surface area (Å²) in [6.45, 7) is 3.96. The van der Waals surface area contributed by atoms with Crippen molar-refractivity contribution in [2.75, 3.05) is 0 Å². The van der Waals surface area contributed by atoms with Gasteiger partial charge in [-0.2, -0.15) is 0 Å². The summed E-state index contributed by atoms with van der Waals surface area (Å²) < 4.78 is 0. The number of hydrogen-bond acceptors (Lipinski definition) is 2. The first kappa shape index (κ1) is 7.29. The van der Waals surface area contributed by atoms with Gasteiger partial charge in [-0.1, -0.05) is 13.8 Å². The van der Waals surface area contributed by atoms with E-state index in [-0.39, 0.29) is 16.9 Å². The third-order valence-corrected chi connectivity index (χ3v) is 3.12. The number of carbonyl (C=O) groups is 1. The summed E-state index contributed by atoms with van der Waals surface area (Å²) in [6.07, 6.45) is 2.87. The Labute approximate surface area is 67.1 Å². The predicted molar refractivity (Wildman–Crippen MR) is 43.0 cm³/mol. The molecule has 62 valence electrons. The van der Waals surface area contributed by atoms with Crippen molar-refractivity contribution < 1.29 is 4.79 Å². The van der Waals surface area contributed by atoms with Crippen LogP contribution in [-0.4, -0.2) is 11.3 Å².